The van der Waals surface area contributed by atoms with Crippen molar-refractivity contribution in [2.24, 2.45) is 10.3 Å². The van der Waals surface area contributed by atoms with Gasteiger partial charge >= 0.3 is 6.03 Å². The van der Waals surface area contributed by atoms with Crippen LogP contribution in [-0.4, -0.2) is 17.7 Å². The van der Waals surface area contributed by atoms with Crippen LogP contribution in [0.2, 0.25) is 0 Å². The van der Waals surface area contributed by atoms with E-state index < -0.39 is 6.03 Å². The molecule has 2 aliphatic rings. The Morgan fingerprint density at radius 2 is 0.767 bits per heavy atom. The Hall–Kier alpha value is -4.58. The van der Waals surface area contributed by atoms with Gasteiger partial charge in [-0.1, -0.05) is 57.8 Å². The van der Waals surface area contributed by atoms with E-state index in [0.717, 1.165) is 55.9 Å². The van der Waals surface area contributed by atoms with Crippen molar-refractivity contribution >= 4 is 23.0 Å². The van der Waals surface area contributed by atoms with Crippen molar-refractivity contribution in [3.8, 4) is 0 Å². The van der Waals surface area contributed by atoms with E-state index >= 15 is 0 Å². The molecule has 0 unspecified atom stereocenters. The number of hydrogen-bond acceptors (Lipinski definition) is 6. The fraction of sp³-hybridized carbons (Fsp3) is 0.297. The molecule has 0 atom stereocenters. The smallest absolute Gasteiger partial charge is 0.302 e. The highest BCUT2D eigenvalue weighted by atomic mass is 16.9. The maximum atomic E-state index is 6.55. The second kappa shape index (κ2) is 10.3. The summed E-state index contributed by atoms with van der Waals surface area (Å²) >= 11 is 0. The van der Waals surface area contributed by atoms with Crippen molar-refractivity contribution < 1.29 is 9.68 Å². The first-order valence-corrected chi connectivity index (χ1v) is 14.9. The number of benzene rings is 4. The van der Waals surface area contributed by atoms with E-state index in [0.29, 0.717) is 11.7 Å². The molecule has 0 saturated heterocycles. The lowest BCUT2D eigenvalue weighted by atomic mass is 9.92. The molecule has 1 spiro atoms. The van der Waals surface area contributed by atoms with Crippen molar-refractivity contribution in [2.75, 3.05) is 9.80 Å². The summed E-state index contributed by atoms with van der Waals surface area (Å²) in [6.45, 7) is 21.3. The fourth-order valence-electron chi connectivity index (χ4n) is 6.21. The maximum absolute atomic E-state index is 6.55. The molecule has 6 nitrogen and oxygen atoms in total. The summed E-state index contributed by atoms with van der Waals surface area (Å²) in [4.78, 5) is 17.2. The van der Waals surface area contributed by atoms with Crippen LogP contribution in [0.3, 0.4) is 0 Å². The Morgan fingerprint density at radius 3 is 1.07 bits per heavy atom. The largest absolute Gasteiger partial charge is 0.485 e. The van der Waals surface area contributed by atoms with Crippen LogP contribution in [-0.2, 0) is 9.68 Å². The molecule has 2 heterocycles. The second-order valence-electron chi connectivity index (χ2n) is 12.2. The van der Waals surface area contributed by atoms with Crippen molar-refractivity contribution in [3.05, 3.63) is 127 Å². The zero-order chi connectivity index (χ0) is 30.8. The SMILES string of the molecule is Cc1ccc(N2C(c3c(C)c(C)cc(C)c3C)=NOC23ON=C(c2c(C)c(C)cc(C)c2C)N3c2ccc(C)cc2)cc1. The lowest BCUT2D eigenvalue weighted by molar-refractivity contribution is -0.200. The minimum Gasteiger partial charge on any atom is -0.302 e. The Kier molecular flexibility index (Phi) is 6.83. The quantitative estimate of drug-likeness (QED) is 0.246. The molecule has 43 heavy (non-hydrogen) atoms. The van der Waals surface area contributed by atoms with E-state index in [2.05, 4.69) is 140 Å². The third-order valence-electron chi connectivity index (χ3n) is 9.25. The molecular weight excluding hydrogens is 532 g/mol. The first kappa shape index (κ1) is 28.5. The number of rotatable bonds is 4. The number of oxime groups is 2. The van der Waals surface area contributed by atoms with Crippen LogP contribution in [0.25, 0.3) is 0 Å². The first-order chi connectivity index (χ1) is 20.4. The Labute approximate surface area is 255 Å². The summed E-state index contributed by atoms with van der Waals surface area (Å²) in [7, 11) is 0. The van der Waals surface area contributed by atoms with E-state index in [1.54, 1.807) is 0 Å². The molecule has 220 valence electrons. The van der Waals surface area contributed by atoms with E-state index in [4.69, 9.17) is 20.0 Å². The van der Waals surface area contributed by atoms with Crippen LogP contribution in [0.5, 0.6) is 0 Å². The second-order valence-corrected chi connectivity index (χ2v) is 12.2. The van der Waals surface area contributed by atoms with E-state index in [1.165, 1.54) is 22.3 Å². The standard InChI is InChI=1S/C37H40N4O2/c1-21-11-15-31(16-12-21)40-35(33-27(7)23(3)19-24(4)28(33)8)38-42-37(40)41(32-17-13-22(2)14-18-32)36(39-43-37)34-29(9)25(5)20-26(6)30(34)10/h11-20H,1-10H3. The van der Waals surface area contributed by atoms with Gasteiger partial charge in [0.05, 0.1) is 11.4 Å². The zero-order valence-electron chi connectivity index (χ0n) is 26.9. The summed E-state index contributed by atoms with van der Waals surface area (Å²) in [5.74, 6) is 1.38. The number of hydrogen-bond donors (Lipinski definition) is 0. The van der Waals surface area contributed by atoms with Gasteiger partial charge in [-0.3, -0.25) is 0 Å². The highest BCUT2D eigenvalue weighted by Gasteiger charge is 2.62. The van der Waals surface area contributed by atoms with Crippen molar-refractivity contribution in [3.63, 3.8) is 0 Å². The molecule has 0 saturated carbocycles. The van der Waals surface area contributed by atoms with Crippen LogP contribution >= 0.6 is 0 Å². The van der Waals surface area contributed by atoms with E-state index in [1.807, 2.05) is 0 Å². The maximum Gasteiger partial charge on any atom is 0.485 e. The zero-order valence-corrected chi connectivity index (χ0v) is 26.9. The lowest BCUT2D eigenvalue weighted by Gasteiger charge is -2.38. The molecule has 0 amide bonds. The predicted octanol–water partition coefficient (Wildman–Crippen LogP) is 8.48. The summed E-state index contributed by atoms with van der Waals surface area (Å²) < 4.78 is 0. The van der Waals surface area contributed by atoms with Crippen LogP contribution in [0.15, 0.2) is 71.0 Å². The Balaban J connectivity index is 1.63. The molecule has 0 fully saturated rings. The average Bonchev–Trinajstić information content (AvgIpc) is 3.53. The van der Waals surface area contributed by atoms with Crippen molar-refractivity contribution in [1.82, 2.24) is 0 Å². The molecule has 4 aromatic rings. The number of anilines is 2. The first-order valence-electron chi connectivity index (χ1n) is 14.9. The molecule has 6 rings (SSSR count). The highest BCUT2D eigenvalue weighted by Crippen LogP contribution is 2.45. The van der Waals surface area contributed by atoms with Gasteiger partial charge in [-0.2, -0.15) is 0 Å². The highest BCUT2D eigenvalue weighted by molar-refractivity contribution is 6.18. The van der Waals surface area contributed by atoms with Crippen molar-refractivity contribution in [1.29, 1.82) is 0 Å². The van der Waals surface area contributed by atoms with Crippen LogP contribution in [0.1, 0.15) is 66.8 Å². The van der Waals surface area contributed by atoms with Crippen LogP contribution in [0.4, 0.5) is 11.4 Å². The van der Waals surface area contributed by atoms with Gasteiger partial charge < -0.3 is 9.68 Å². The number of nitrogens with zero attached hydrogens (tertiary/aromatic N) is 4. The average molecular weight is 573 g/mol. The summed E-state index contributed by atoms with van der Waals surface area (Å²) in [5, 5.41) is 9.66. The molecule has 0 aliphatic carbocycles. The molecule has 4 aromatic carbocycles. The van der Waals surface area contributed by atoms with Gasteiger partial charge in [0.25, 0.3) is 0 Å². The molecule has 0 bridgehead atoms. The predicted molar refractivity (Wildman–Crippen MR) is 176 cm³/mol. The molecule has 0 radical (unpaired) electrons. The van der Waals surface area contributed by atoms with E-state index in [9.17, 15) is 0 Å². The third-order valence-corrected chi connectivity index (χ3v) is 9.25. The van der Waals surface area contributed by atoms with Crippen LogP contribution in [0, 0.1) is 69.2 Å². The third kappa shape index (κ3) is 4.39. The Bertz CT molecular complexity index is 1630. The Morgan fingerprint density at radius 1 is 0.465 bits per heavy atom. The number of aryl methyl sites for hydroxylation is 6. The van der Waals surface area contributed by atoms with Gasteiger partial charge in [-0.25, -0.2) is 9.80 Å². The van der Waals surface area contributed by atoms with Gasteiger partial charge in [0.1, 0.15) is 0 Å². The van der Waals surface area contributed by atoms with Gasteiger partial charge in [-0.05, 0) is 138 Å². The topological polar surface area (TPSA) is 49.7 Å². The summed E-state index contributed by atoms with van der Waals surface area (Å²) in [5.41, 5.74) is 15.6. The molecular formula is C37H40N4O2. The van der Waals surface area contributed by atoms with Crippen LogP contribution < -0.4 is 9.80 Å². The minimum absolute atomic E-state index is 0.688. The van der Waals surface area contributed by atoms with Gasteiger partial charge in [0.2, 0.25) is 0 Å². The molecule has 0 N–H and O–H groups in total. The molecule has 6 heteroatoms. The van der Waals surface area contributed by atoms with Crippen molar-refractivity contribution in [2.45, 2.75) is 75.3 Å². The number of amidine groups is 2. The molecule has 0 aromatic heterocycles. The summed E-state index contributed by atoms with van der Waals surface area (Å²) in [6.07, 6.45) is 0. The minimum atomic E-state index is -1.53. The monoisotopic (exact) mass is 572 g/mol. The van der Waals surface area contributed by atoms with Gasteiger partial charge in [0.15, 0.2) is 11.7 Å². The fourth-order valence-corrected chi connectivity index (χ4v) is 6.21. The van der Waals surface area contributed by atoms with Gasteiger partial charge in [0, 0.05) is 11.1 Å². The normalized spacial score (nSPS) is 15.5. The molecule has 2 aliphatic heterocycles. The van der Waals surface area contributed by atoms with E-state index in [-0.39, 0.29) is 0 Å². The lowest BCUT2D eigenvalue weighted by Crippen LogP contribution is -2.61. The summed E-state index contributed by atoms with van der Waals surface area (Å²) in [6, 6.07) is 19.7. The van der Waals surface area contributed by atoms with Gasteiger partial charge in [-0.15, -0.1) is 0 Å².